The van der Waals surface area contributed by atoms with Crippen molar-refractivity contribution in [2.75, 3.05) is 37.6 Å². The number of fused-ring (bicyclic) bond motifs is 2. The van der Waals surface area contributed by atoms with Crippen molar-refractivity contribution in [1.29, 1.82) is 0 Å². The Bertz CT molecular complexity index is 539. The molecule has 2 saturated carbocycles. The minimum atomic E-state index is 0.232. The fraction of sp³-hybridized carbons (Fsp3) is 0.632. The Labute approximate surface area is 138 Å². The summed E-state index contributed by atoms with van der Waals surface area (Å²) in [5.41, 5.74) is 1.29. The molecule has 1 heterocycles. The molecule has 4 nitrogen and oxygen atoms in total. The van der Waals surface area contributed by atoms with E-state index in [4.69, 9.17) is 0 Å². The van der Waals surface area contributed by atoms with Crippen LogP contribution >= 0.6 is 0 Å². The molecule has 0 radical (unpaired) electrons. The van der Waals surface area contributed by atoms with Gasteiger partial charge in [0, 0.05) is 37.9 Å². The number of para-hydroxylation sites is 1. The lowest BCUT2D eigenvalue weighted by Crippen LogP contribution is -2.51. The van der Waals surface area contributed by atoms with Crippen molar-refractivity contribution in [2.45, 2.75) is 31.7 Å². The summed E-state index contributed by atoms with van der Waals surface area (Å²) in [5, 5.41) is 3.31. The first-order chi connectivity index (χ1) is 11.3. The standard InChI is InChI=1S/C19H27N3O/c23-19(20-18-13-15-6-7-16(18)12-15)14-21-8-10-22(11-9-21)17-4-2-1-3-5-17/h1-5,15-16,18H,6-14H2,(H,20,23)/t15-,16+,18-/m0/s1. The van der Waals surface area contributed by atoms with Gasteiger partial charge in [-0.3, -0.25) is 9.69 Å². The molecular weight excluding hydrogens is 286 g/mol. The summed E-state index contributed by atoms with van der Waals surface area (Å²) in [4.78, 5) is 17.0. The van der Waals surface area contributed by atoms with Gasteiger partial charge in [0.1, 0.15) is 0 Å². The molecule has 4 heteroatoms. The zero-order chi connectivity index (χ0) is 15.6. The van der Waals surface area contributed by atoms with Crippen LogP contribution in [0.2, 0.25) is 0 Å². The molecule has 3 aliphatic rings. The van der Waals surface area contributed by atoms with Crippen LogP contribution in [0.1, 0.15) is 25.7 Å². The van der Waals surface area contributed by atoms with Crippen LogP contribution in [0.15, 0.2) is 30.3 Å². The third kappa shape index (κ3) is 3.37. The molecule has 1 N–H and O–H groups in total. The van der Waals surface area contributed by atoms with Gasteiger partial charge in [-0.2, -0.15) is 0 Å². The van der Waals surface area contributed by atoms with Gasteiger partial charge in [0.25, 0.3) is 0 Å². The van der Waals surface area contributed by atoms with Crippen LogP contribution in [0.25, 0.3) is 0 Å². The van der Waals surface area contributed by atoms with Crippen molar-refractivity contribution in [3.63, 3.8) is 0 Å². The Morgan fingerprint density at radius 3 is 2.48 bits per heavy atom. The van der Waals surface area contributed by atoms with Crippen LogP contribution in [0, 0.1) is 11.8 Å². The minimum Gasteiger partial charge on any atom is -0.369 e. The number of piperazine rings is 1. The maximum absolute atomic E-state index is 12.3. The van der Waals surface area contributed by atoms with Crippen molar-refractivity contribution < 1.29 is 4.79 Å². The number of nitrogens with one attached hydrogen (secondary N) is 1. The topological polar surface area (TPSA) is 35.6 Å². The first kappa shape index (κ1) is 15.0. The normalized spacial score (nSPS) is 30.6. The van der Waals surface area contributed by atoms with E-state index in [1.54, 1.807) is 0 Å². The van der Waals surface area contributed by atoms with Crippen molar-refractivity contribution in [3.8, 4) is 0 Å². The SMILES string of the molecule is O=C(CN1CCN(c2ccccc2)CC1)N[C@H]1C[C@H]2CC[C@@H]1C2. The van der Waals surface area contributed by atoms with E-state index >= 15 is 0 Å². The number of nitrogens with zero attached hydrogens (tertiary/aromatic N) is 2. The zero-order valence-corrected chi connectivity index (χ0v) is 13.8. The smallest absolute Gasteiger partial charge is 0.234 e. The summed E-state index contributed by atoms with van der Waals surface area (Å²) in [6.07, 6.45) is 5.28. The fourth-order valence-corrected chi connectivity index (χ4v) is 4.68. The van der Waals surface area contributed by atoms with E-state index in [1.165, 1.54) is 31.4 Å². The quantitative estimate of drug-likeness (QED) is 0.925. The zero-order valence-electron chi connectivity index (χ0n) is 13.8. The highest BCUT2D eigenvalue weighted by Crippen LogP contribution is 2.44. The highest BCUT2D eigenvalue weighted by Gasteiger charge is 2.40. The molecule has 4 rings (SSSR count). The second-order valence-electron chi connectivity index (χ2n) is 7.45. The van der Waals surface area contributed by atoms with Gasteiger partial charge in [-0.1, -0.05) is 24.6 Å². The largest absolute Gasteiger partial charge is 0.369 e. The van der Waals surface area contributed by atoms with Crippen LogP contribution in [0.4, 0.5) is 5.69 Å². The fourth-order valence-electron chi connectivity index (χ4n) is 4.68. The second-order valence-corrected chi connectivity index (χ2v) is 7.45. The lowest BCUT2D eigenvalue weighted by molar-refractivity contribution is -0.123. The molecule has 1 amide bonds. The number of benzene rings is 1. The minimum absolute atomic E-state index is 0.232. The Morgan fingerprint density at radius 1 is 1.04 bits per heavy atom. The molecule has 2 aliphatic carbocycles. The van der Waals surface area contributed by atoms with Gasteiger partial charge in [0.15, 0.2) is 0 Å². The van der Waals surface area contributed by atoms with Crippen LogP contribution in [-0.2, 0) is 4.79 Å². The maximum atomic E-state index is 12.3. The summed E-state index contributed by atoms with van der Waals surface area (Å²) in [7, 11) is 0. The summed E-state index contributed by atoms with van der Waals surface area (Å²) in [5.74, 6) is 1.88. The van der Waals surface area contributed by atoms with Crippen molar-refractivity contribution >= 4 is 11.6 Å². The van der Waals surface area contributed by atoms with Crippen LogP contribution < -0.4 is 10.2 Å². The third-order valence-corrected chi connectivity index (χ3v) is 5.95. The first-order valence-corrected chi connectivity index (χ1v) is 9.09. The summed E-state index contributed by atoms with van der Waals surface area (Å²) in [6.45, 7) is 4.52. The van der Waals surface area contributed by atoms with Gasteiger partial charge < -0.3 is 10.2 Å². The molecule has 0 unspecified atom stereocenters. The number of hydrogen-bond donors (Lipinski definition) is 1. The molecule has 2 bridgehead atoms. The Balaban J connectivity index is 1.22. The summed E-state index contributed by atoms with van der Waals surface area (Å²) in [6, 6.07) is 11.0. The number of amides is 1. The first-order valence-electron chi connectivity index (χ1n) is 9.09. The van der Waals surface area contributed by atoms with E-state index in [0.717, 1.165) is 38.0 Å². The highest BCUT2D eigenvalue weighted by molar-refractivity contribution is 5.78. The van der Waals surface area contributed by atoms with Crippen molar-refractivity contribution in [3.05, 3.63) is 30.3 Å². The lowest BCUT2D eigenvalue weighted by atomic mass is 9.95. The van der Waals surface area contributed by atoms with E-state index < -0.39 is 0 Å². The number of anilines is 1. The van der Waals surface area contributed by atoms with Gasteiger partial charge in [-0.05, 0) is 43.2 Å². The second kappa shape index (κ2) is 6.52. The monoisotopic (exact) mass is 313 g/mol. The van der Waals surface area contributed by atoms with Gasteiger partial charge >= 0.3 is 0 Å². The van der Waals surface area contributed by atoms with E-state index in [9.17, 15) is 4.79 Å². The van der Waals surface area contributed by atoms with E-state index in [2.05, 4.69) is 45.4 Å². The molecule has 23 heavy (non-hydrogen) atoms. The predicted octanol–water partition coefficient (Wildman–Crippen LogP) is 2.11. The molecule has 1 aromatic carbocycles. The predicted molar refractivity (Wildman–Crippen MR) is 92.5 cm³/mol. The number of carbonyl (C=O) groups excluding carboxylic acids is 1. The maximum Gasteiger partial charge on any atom is 0.234 e. The van der Waals surface area contributed by atoms with Crippen LogP contribution in [0.3, 0.4) is 0 Å². The summed E-state index contributed by atoms with van der Waals surface area (Å²) >= 11 is 0. The molecule has 124 valence electrons. The highest BCUT2D eigenvalue weighted by atomic mass is 16.2. The number of rotatable bonds is 4. The van der Waals surface area contributed by atoms with Crippen LogP contribution in [-0.4, -0.2) is 49.6 Å². The van der Waals surface area contributed by atoms with Gasteiger partial charge in [-0.15, -0.1) is 0 Å². The molecule has 3 fully saturated rings. The van der Waals surface area contributed by atoms with Gasteiger partial charge in [0.05, 0.1) is 6.54 Å². The molecule has 1 aliphatic heterocycles. The summed E-state index contributed by atoms with van der Waals surface area (Å²) < 4.78 is 0. The van der Waals surface area contributed by atoms with Crippen LogP contribution in [0.5, 0.6) is 0 Å². The van der Waals surface area contributed by atoms with E-state index in [0.29, 0.717) is 12.6 Å². The van der Waals surface area contributed by atoms with E-state index in [1.807, 2.05) is 0 Å². The average Bonchev–Trinajstić information content (AvgIpc) is 3.19. The van der Waals surface area contributed by atoms with Gasteiger partial charge in [-0.25, -0.2) is 0 Å². The van der Waals surface area contributed by atoms with E-state index in [-0.39, 0.29) is 5.91 Å². The van der Waals surface area contributed by atoms with Crippen molar-refractivity contribution in [1.82, 2.24) is 10.2 Å². The molecule has 3 atom stereocenters. The third-order valence-electron chi connectivity index (χ3n) is 5.95. The Kier molecular flexibility index (Phi) is 4.25. The molecular formula is C19H27N3O. The molecule has 0 spiro atoms. The lowest BCUT2D eigenvalue weighted by Gasteiger charge is -2.36. The average molecular weight is 313 g/mol. The van der Waals surface area contributed by atoms with Crippen molar-refractivity contribution in [2.24, 2.45) is 11.8 Å². The number of hydrogen-bond acceptors (Lipinski definition) is 3. The number of carbonyl (C=O) groups is 1. The molecule has 1 saturated heterocycles. The van der Waals surface area contributed by atoms with Gasteiger partial charge in [0.2, 0.25) is 5.91 Å². The Morgan fingerprint density at radius 2 is 1.83 bits per heavy atom. The molecule has 0 aromatic heterocycles. The molecule has 1 aromatic rings. The Hall–Kier alpha value is -1.55.